The monoisotopic (exact) mass is 319 g/mol. The van der Waals surface area contributed by atoms with E-state index >= 15 is 0 Å². The molecule has 2 nitrogen and oxygen atoms in total. The summed E-state index contributed by atoms with van der Waals surface area (Å²) >= 11 is 1.83. The fourth-order valence-corrected chi connectivity index (χ4v) is 4.09. The van der Waals surface area contributed by atoms with Crippen molar-refractivity contribution in [3.63, 3.8) is 0 Å². The largest absolute Gasteiger partial charge is 0.495 e. The van der Waals surface area contributed by atoms with Gasteiger partial charge in [-0.25, -0.2) is 0 Å². The van der Waals surface area contributed by atoms with Crippen molar-refractivity contribution in [1.82, 2.24) is 0 Å². The van der Waals surface area contributed by atoms with Crippen LogP contribution in [0.1, 0.15) is 5.56 Å². The van der Waals surface area contributed by atoms with Gasteiger partial charge in [0.1, 0.15) is 5.75 Å². The van der Waals surface area contributed by atoms with Gasteiger partial charge in [0.2, 0.25) is 0 Å². The van der Waals surface area contributed by atoms with E-state index in [2.05, 4.69) is 66.4 Å². The number of hydrogen-bond donors (Lipinski definition) is 0. The molecule has 0 saturated carbocycles. The number of nitrogens with zero attached hydrogens (tertiary/aromatic N) is 1. The summed E-state index contributed by atoms with van der Waals surface area (Å²) in [5, 5.41) is 0. The van der Waals surface area contributed by atoms with Gasteiger partial charge < -0.3 is 9.64 Å². The van der Waals surface area contributed by atoms with Gasteiger partial charge in [-0.15, -0.1) is 0 Å². The minimum Gasteiger partial charge on any atom is -0.495 e. The van der Waals surface area contributed by atoms with E-state index in [4.69, 9.17) is 4.74 Å². The first kappa shape index (κ1) is 14.2. The zero-order valence-corrected chi connectivity index (χ0v) is 13.9. The average Bonchev–Trinajstić information content (AvgIpc) is 2.59. The smallest absolute Gasteiger partial charge is 0.142 e. The number of para-hydroxylation sites is 3. The SMILES string of the molecule is COc1ccccc1N1c2ccccc2Sc2cc(C)ccc21. The molecule has 1 aliphatic rings. The Morgan fingerprint density at radius 3 is 2.30 bits per heavy atom. The van der Waals surface area contributed by atoms with Gasteiger partial charge in [-0.1, -0.05) is 42.1 Å². The number of anilines is 3. The van der Waals surface area contributed by atoms with Crippen molar-refractivity contribution in [2.45, 2.75) is 16.7 Å². The van der Waals surface area contributed by atoms with Crippen LogP contribution in [-0.4, -0.2) is 7.11 Å². The molecule has 0 atom stereocenters. The van der Waals surface area contributed by atoms with Crippen molar-refractivity contribution in [1.29, 1.82) is 0 Å². The number of aryl methyl sites for hydroxylation is 1. The minimum absolute atomic E-state index is 0.876. The van der Waals surface area contributed by atoms with Crippen LogP contribution in [0.5, 0.6) is 5.75 Å². The third kappa shape index (κ3) is 2.37. The molecule has 114 valence electrons. The molecular formula is C20H17NOS. The van der Waals surface area contributed by atoms with Crippen LogP contribution in [0, 0.1) is 6.92 Å². The highest BCUT2D eigenvalue weighted by atomic mass is 32.2. The van der Waals surface area contributed by atoms with Crippen LogP contribution in [0.15, 0.2) is 76.5 Å². The van der Waals surface area contributed by atoms with Crippen molar-refractivity contribution in [3.8, 4) is 5.75 Å². The van der Waals surface area contributed by atoms with Crippen LogP contribution in [-0.2, 0) is 0 Å². The molecule has 0 radical (unpaired) electrons. The van der Waals surface area contributed by atoms with Crippen molar-refractivity contribution < 1.29 is 4.74 Å². The van der Waals surface area contributed by atoms with Gasteiger partial charge in [-0.3, -0.25) is 0 Å². The molecule has 0 fully saturated rings. The van der Waals surface area contributed by atoms with Crippen molar-refractivity contribution in [2.75, 3.05) is 12.0 Å². The Balaban J connectivity index is 1.99. The molecule has 0 amide bonds. The van der Waals surface area contributed by atoms with Crippen LogP contribution >= 0.6 is 11.8 Å². The summed E-state index contributed by atoms with van der Waals surface area (Å²) in [7, 11) is 1.72. The van der Waals surface area contributed by atoms with Crippen LogP contribution in [0.2, 0.25) is 0 Å². The van der Waals surface area contributed by atoms with Gasteiger partial charge in [-0.05, 0) is 48.9 Å². The Morgan fingerprint density at radius 2 is 1.48 bits per heavy atom. The molecule has 1 aliphatic heterocycles. The van der Waals surface area contributed by atoms with Gasteiger partial charge >= 0.3 is 0 Å². The zero-order valence-electron chi connectivity index (χ0n) is 13.1. The lowest BCUT2D eigenvalue weighted by atomic mass is 10.1. The highest BCUT2D eigenvalue weighted by molar-refractivity contribution is 7.99. The van der Waals surface area contributed by atoms with Gasteiger partial charge in [0.15, 0.2) is 0 Å². The van der Waals surface area contributed by atoms with Crippen LogP contribution in [0.25, 0.3) is 0 Å². The Bertz CT molecular complexity index is 875. The normalized spacial score (nSPS) is 12.5. The fraction of sp³-hybridized carbons (Fsp3) is 0.100. The standard InChI is InChI=1S/C20H17NOS/c1-14-11-12-17-20(13-14)23-19-10-6-4-8-16(19)21(17)15-7-3-5-9-18(15)22-2/h3-13H,1-2H3. The Labute approximate surface area is 140 Å². The van der Waals surface area contributed by atoms with Gasteiger partial charge in [0.05, 0.1) is 24.2 Å². The highest BCUT2D eigenvalue weighted by Gasteiger charge is 2.26. The molecule has 23 heavy (non-hydrogen) atoms. The third-order valence-corrected chi connectivity index (χ3v) is 5.12. The summed E-state index contributed by atoms with van der Waals surface area (Å²) in [6.07, 6.45) is 0. The van der Waals surface area contributed by atoms with Crippen molar-refractivity contribution >= 4 is 28.8 Å². The molecule has 0 saturated heterocycles. The molecule has 0 bridgehead atoms. The molecule has 4 rings (SSSR count). The maximum absolute atomic E-state index is 5.60. The lowest BCUT2D eigenvalue weighted by Crippen LogP contribution is -2.15. The Hall–Kier alpha value is -2.39. The number of ether oxygens (including phenoxy) is 1. The summed E-state index contributed by atoms with van der Waals surface area (Å²) in [6.45, 7) is 2.13. The average molecular weight is 319 g/mol. The number of rotatable bonds is 2. The lowest BCUT2D eigenvalue weighted by molar-refractivity contribution is 0.416. The summed E-state index contributed by atoms with van der Waals surface area (Å²) in [4.78, 5) is 4.82. The quantitative estimate of drug-likeness (QED) is 0.454. The van der Waals surface area contributed by atoms with E-state index in [1.807, 2.05) is 23.9 Å². The molecule has 3 aromatic carbocycles. The van der Waals surface area contributed by atoms with E-state index in [9.17, 15) is 0 Å². The second-order valence-corrected chi connectivity index (χ2v) is 6.63. The predicted octanol–water partition coefficient (Wildman–Crippen LogP) is 5.94. The molecule has 0 aliphatic carbocycles. The Kier molecular flexibility index (Phi) is 3.50. The van der Waals surface area contributed by atoms with Crippen molar-refractivity contribution in [2.24, 2.45) is 0 Å². The zero-order chi connectivity index (χ0) is 15.8. The van der Waals surface area contributed by atoms with E-state index in [0.717, 1.165) is 11.4 Å². The minimum atomic E-state index is 0.876. The molecule has 1 heterocycles. The molecule has 3 heteroatoms. The molecule has 0 spiro atoms. The summed E-state index contributed by atoms with van der Waals surface area (Å²) < 4.78 is 5.60. The van der Waals surface area contributed by atoms with Gasteiger partial charge in [-0.2, -0.15) is 0 Å². The van der Waals surface area contributed by atoms with Crippen LogP contribution in [0.4, 0.5) is 17.1 Å². The topological polar surface area (TPSA) is 12.5 Å². The maximum atomic E-state index is 5.60. The molecule has 0 N–H and O–H groups in total. The second-order valence-electron chi connectivity index (χ2n) is 5.55. The van der Waals surface area contributed by atoms with E-state index < -0.39 is 0 Å². The summed E-state index contributed by atoms with van der Waals surface area (Å²) in [5.41, 5.74) is 4.73. The van der Waals surface area contributed by atoms with Crippen LogP contribution < -0.4 is 9.64 Å². The Morgan fingerprint density at radius 1 is 0.783 bits per heavy atom. The number of fused-ring (bicyclic) bond motifs is 2. The maximum Gasteiger partial charge on any atom is 0.142 e. The number of hydrogen-bond acceptors (Lipinski definition) is 3. The first-order valence-electron chi connectivity index (χ1n) is 7.58. The fourth-order valence-electron chi connectivity index (χ4n) is 2.94. The van der Waals surface area contributed by atoms with E-state index in [-0.39, 0.29) is 0 Å². The highest BCUT2D eigenvalue weighted by Crippen LogP contribution is 2.52. The van der Waals surface area contributed by atoms with E-state index in [1.165, 1.54) is 26.7 Å². The molecule has 0 aromatic heterocycles. The summed E-state index contributed by atoms with van der Waals surface area (Å²) in [5.74, 6) is 0.876. The van der Waals surface area contributed by atoms with Gasteiger partial charge in [0, 0.05) is 9.79 Å². The first-order chi connectivity index (χ1) is 11.3. The molecular weight excluding hydrogens is 302 g/mol. The number of methoxy groups -OCH3 is 1. The van der Waals surface area contributed by atoms with Gasteiger partial charge in [0.25, 0.3) is 0 Å². The number of benzene rings is 3. The van der Waals surface area contributed by atoms with Crippen LogP contribution in [0.3, 0.4) is 0 Å². The second kappa shape index (κ2) is 5.67. The predicted molar refractivity (Wildman–Crippen MR) is 96.5 cm³/mol. The van der Waals surface area contributed by atoms with E-state index in [0.29, 0.717) is 0 Å². The molecule has 3 aromatic rings. The third-order valence-electron chi connectivity index (χ3n) is 4.01. The lowest BCUT2D eigenvalue weighted by Gasteiger charge is -2.33. The van der Waals surface area contributed by atoms with E-state index in [1.54, 1.807) is 7.11 Å². The first-order valence-corrected chi connectivity index (χ1v) is 8.40. The summed E-state index contributed by atoms with van der Waals surface area (Å²) in [6, 6.07) is 23.3. The van der Waals surface area contributed by atoms with Crippen molar-refractivity contribution in [3.05, 3.63) is 72.3 Å². The molecule has 0 unspecified atom stereocenters.